The molecule has 2 aromatic heterocycles. The topological polar surface area (TPSA) is 76.4 Å². The SMILES string of the molecule is CCNC(=NCc1ccnc(-n2cccn2)c1)NCC1CCCOC1C(C)(C)C.I. The number of guanidine groups is 1. The van der Waals surface area contributed by atoms with Crippen molar-refractivity contribution in [3.8, 4) is 5.82 Å². The van der Waals surface area contributed by atoms with Gasteiger partial charge in [0, 0.05) is 44.2 Å². The van der Waals surface area contributed by atoms with Gasteiger partial charge in [0.25, 0.3) is 0 Å². The maximum absolute atomic E-state index is 6.11. The Morgan fingerprint density at radius 2 is 2.13 bits per heavy atom. The van der Waals surface area contributed by atoms with Crippen LogP contribution in [-0.2, 0) is 11.3 Å². The Morgan fingerprint density at radius 1 is 1.30 bits per heavy atom. The van der Waals surface area contributed by atoms with Crippen molar-refractivity contribution in [2.24, 2.45) is 16.3 Å². The quantitative estimate of drug-likeness (QED) is 0.341. The van der Waals surface area contributed by atoms with Gasteiger partial charge in [-0.25, -0.2) is 14.7 Å². The van der Waals surface area contributed by atoms with E-state index in [-0.39, 0.29) is 35.5 Å². The van der Waals surface area contributed by atoms with Crippen molar-refractivity contribution in [1.82, 2.24) is 25.4 Å². The fraction of sp³-hybridized carbons (Fsp3) is 0.591. The minimum absolute atomic E-state index is 0. The zero-order valence-electron chi connectivity index (χ0n) is 18.5. The molecule has 0 amide bonds. The molecule has 30 heavy (non-hydrogen) atoms. The van der Waals surface area contributed by atoms with Crippen molar-refractivity contribution < 1.29 is 4.74 Å². The lowest BCUT2D eigenvalue weighted by atomic mass is 9.78. The van der Waals surface area contributed by atoms with Gasteiger partial charge in [0.2, 0.25) is 0 Å². The van der Waals surface area contributed by atoms with E-state index in [1.807, 2.05) is 24.4 Å². The molecule has 1 fully saturated rings. The number of ether oxygens (including phenoxy) is 1. The molecule has 2 N–H and O–H groups in total. The van der Waals surface area contributed by atoms with Crippen LogP contribution in [-0.4, -0.2) is 46.5 Å². The molecule has 0 aromatic carbocycles. The summed E-state index contributed by atoms with van der Waals surface area (Å²) in [5.41, 5.74) is 1.23. The third-order valence-corrected chi connectivity index (χ3v) is 5.14. The summed E-state index contributed by atoms with van der Waals surface area (Å²) in [7, 11) is 0. The van der Waals surface area contributed by atoms with Gasteiger partial charge in [0.15, 0.2) is 11.8 Å². The minimum atomic E-state index is 0. The van der Waals surface area contributed by atoms with Crippen LogP contribution in [0.25, 0.3) is 5.82 Å². The van der Waals surface area contributed by atoms with Gasteiger partial charge in [-0.05, 0) is 48.9 Å². The largest absolute Gasteiger partial charge is 0.377 e. The monoisotopic (exact) mass is 526 g/mol. The Balaban J connectivity index is 0.00000320. The molecule has 8 heteroatoms. The van der Waals surface area contributed by atoms with E-state index in [9.17, 15) is 0 Å². The van der Waals surface area contributed by atoms with Crippen molar-refractivity contribution in [2.75, 3.05) is 19.7 Å². The molecular formula is C22H35IN6O. The maximum Gasteiger partial charge on any atom is 0.191 e. The van der Waals surface area contributed by atoms with E-state index < -0.39 is 0 Å². The van der Waals surface area contributed by atoms with E-state index in [1.165, 1.54) is 6.42 Å². The lowest BCUT2D eigenvalue weighted by Crippen LogP contribution is -2.47. The molecule has 0 aliphatic carbocycles. The van der Waals surface area contributed by atoms with E-state index in [4.69, 9.17) is 9.73 Å². The first kappa shape index (κ1) is 24.6. The minimum Gasteiger partial charge on any atom is -0.377 e. The third-order valence-electron chi connectivity index (χ3n) is 5.14. The molecular weight excluding hydrogens is 491 g/mol. The number of hydrogen-bond donors (Lipinski definition) is 2. The van der Waals surface area contributed by atoms with Crippen molar-refractivity contribution in [3.63, 3.8) is 0 Å². The van der Waals surface area contributed by atoms with Crippen LogP contribution in [0.5, 0.6) is 0 Å². The summed E-state index contributed by atoms with van der Waals surface area (Å²) >= 11 is 0. The predicted octanol–water partition coefficient (Wildman–Crippen LogP) is 3.78. The fourth-order valence-corrected chi connectivity index (χ4v) is 3.84. The second-order valence-corrected chi connectivity index (χ2v) is 8.61. The average molecular weight is 526 g/mol. The first-order chi connectivity index (χ1) is 14.0. The fourth-order valence-electron chi connectivity index (χ4n) is 3.84. The van der Waals surface area contributed by atoms with Crippen LogP contribution in [0.4, 0.5) is 0 Å². The molecule has 0 saturated carbocycles. The van der Waals surface area contributed by atoms with Crippen LogP contribution in [0.15, 0.2) is 41.8 Å². The highest BCUT2D eigenvalue weighted by Crippen LogP contribution is 2.33. The number of pyridine rings is 1. The summed E-state index contributed by atoms with van der Waals surface area (Å²) in [5, 5.41) is 11.1. The Hall–Kier alpha value is -1.68. The summed E-state index contributed by atoms with van der Waals surface area (Å²) in [5.74, 6) is 2.12. The van der Waals surface area contributed by atoms with E-state index in [0.717, 1.165) is 43.5 Å². The van der Waals surface area contributed by atoms with E-state index >= 15 is 0 Å². The average Bonchev–Trinajstić information content (AvgIpc) is 3.25. The number of nitrogens with one attached hydrogen (secondary N) is 2. The standard InChI is InChI=1S/C22H34N6O.HI/c1-5-23-21(26-16-18-8-6-13-29-20(18)22(2,3)4)25-15-17-9-11-24-19(14-17)28-12-7-10-27-28;/h7,9-12,14,18,20H,5-6,8,13,15-16H2,1-4H3,(H2,23,25,26);1H. The smallest absolute Gasteiger partial charge is 0.191 e. The van der Waals surface area contributed by atoms with Crippen molar-refractivity contribution in [1.29, 1.82) is 0 Å². The Labute approximate surface area is 197 Å². The lowest BCUT2D eigenvalue weighted by Gasteiger charge is -2.40. The highest BCUT2D eigenvalue weighted by atomic mass is 127. The first-order valence-corrected chi connectivity index (χ1v) is 10.6. The third kappa shape index (κ3) is 6.94. The van der Waals surface area contributed by atoms with E-state index in [2.05, 4.69) is 48.4 Å². The highest BCUT2D eigenvalue weighted by molar-refractivity contribution is 14.0. The molecule has 1 aliphatic heterocycles. The molecule has 3 rings (SSSR count). The normalized spacial score (nSPS) is 19.8. The molecule has 166 valence electrons. The summed E-state index contributed by atoms with van der Waals surface area (Å²) < 4.78 is 7.87. The van der Waals surface area contributed by atoms with Gasteiger partial charge in [-0.1, -0.05) is 20.8 Å². The molecule has 0 radical (unpaired) electrons. The number of nitrogens with zero attached hydrogens (tertiary/aromatic N) is 4. The number of rotatable bonds is 6. The van der Waals surface area contributed by atoms with Gasteiger partial charge in [-0.15, -0.1) is 24.0 Å². The van der Waals surface area contributed by atoms with Gasteiger partial charge >= 0.3 is 0 Å². The molecule has 3 heterocycles. The summed E-state index contributed by atoms with van der Waals surface area (Å²) in [6.45, 7) is 12.0. The number of halogens is 1. The van der Waals surface area contributed by atoms with Gasteiger partial charge < -0.3 is 15.4 Å². The molecule has 1 aliphatic rings. The molecule has 1 saturated heterocycles. The predicted molar refractivity (Wildman–Crippen MR) is 132 cm³/mol. The second kappa shape index (κ2) is 11.6. The summed E-state index contributed by atoms with van der Waals surface area (Å²) in [6, 6.07) is 5.90. The Bertz CT molecular complexity index is 787. The number of aromatic nitrogens is 3. The highest BCUT2D eigenvalue weighted by Gasteiger charge is 2.35. The van der Waals surface area contributed by atoms with Crippen molar-refractivity contribution >= 4 is 29.9 Å². The molecule has 7 nitrogen and oxygen atoms in total. The van der Waals surface area contributed by atoms with Crippen LogP contribution in [0.3, 0.4) is 0 Å². The maximum atomic E-state index is 6.11. The summed E-state index contributed by atoms with van der Waals surface area (Å²) in [4.78, 5) is 9.15. The summed E-state index contributed by atoms with van der Waals surface area (Å²) in [6.07, 6.45) is 8.02. The molecule has 2 unspecified atom stereocenters. The molecule has 0 bridgehead atoms. The zero-order chi connectivity index (χ0) is 20.7. The second-order valence-electron chi connectivity index (χ2n) is 8.61. The van der Waals surface area contributed by atoms with Crippen LogP contribution < -0.4 is 10.6 Å². The van der Waals surface area contributed by atoms with Crippen LogP contribution in [0, 0.1) is 11.3 Å². The Kier molecular flexibility index (Phi) is 9.54. The van der Waals surface area contributed by atoms with Crippen molar-refractivity contribution in [2.45, 2.75) is 53.2 Å². The Morgan fingerprint density at radius 3 is 2.83 bits per heavy atom. The van der Waals surface area contributed by atoms with Crippen LogP contribution >= 0.6 is 24.0 Å². The van der Waals surface area contributed by atoms with Crippen LogP contribution in [0.1, 0.15) is 46.1 Å². The molecule has 0 spiro atoms. The molecule has 2 aromatic rings. The van der Waals surface area contributed by atoms with E-state index in [0.29, 0.717) is 12.5 Å². The molecule has 2 atom stereocenters. The van der Waals surface area contributed by atoms with Crippen molar-refractivity contribution in [3.05, 3.63) is 42.4 Å². The van der Waals surface area contributed by atoms with E-state index in [1.54, 1.807) is 17.1 Å². The first-order valence-electron chi connectivity index (χ1n) is 10.6. The van der Waals surface area contributed by atoms with Crippen LogP contribution in [0.2, 0.25) is 0 Å². The lowest BCUT2D eigenvalue weighted by molar-refractivity contribution is -0.0835. The van der Waals surface area contributed by atoms with Gasteiger partial charge in [-0.3, -0.25) is 0 Å². The zero-order valence-corrected chi connectivity index (χ0v) is 20.8. The van der Waals surface area contributed by atoms with Gasteiger partial charge in [-0.2, -0.15) is 5.10 Å². The van der Waals surface area contributed by atoms with Gasteiger partial charge in [0.05, 0.1) is 12.6 Å². The number of aliphatic imine (C=N–C) groups is 1. The van der Waals surface area contributed by atoms with Gasteiger partial charge in [0.1, 0.15) is 0 Å². The number of hydrogen-bond acceptors (Lipinski definition) is 4.